The Morgan fingerprint density at radius 3 is 2.52 bits per heavy atom. The standard InChI is InChI=1S/C21H36O2/c1-8-23-19(22)17-12-9-13-18(15-17)21(6,7)14-10-11-16(2)20(3,4)5/h11,13,17H,8-10,12,14-15H2,1-7H3/b16-11+. The minimum Gasteiger partial charge on any atom is -0.466 e. The molecule has 0 heterocycles. The Morgan fingerprint density at radius 1 is 1.30 bits per heavy atom. The van der Waals surface area contributed by atoms with Crippen molar-refractivity contribution >= 4 is 5.97 Å². The van der Waals surface area contributed by atoms with Crippen molar-refractivity contribution < 1.29 is 9.53 Å². The van der Waals surface area contributed by atoms with Crippen LogP contribution in [-0.4, -0.2) is 12.6 Å². The van der Waals surface area contributed by atoms with Crippen molar-refractivity contribution in [2.75, 3.05) is 6.61 Å². The molecule has 0 radical (unpaired) electrons. The monoisotopic (exact) mass is 320 g/mol. The minimum atomic E-state index is -0.0163. The van der Waals surface area contributed by atoms with Gasteiger partial charge in [0.05, 0.1) is 12.5 Å². The Labute approximate surface area is 143 Å². The molecule has 0 aromatic carbocycles. The summed E-state index contributed by atoms with van der Waals surface area (Å²) in [6.07, 6.45) is 9.76. The van der Waals surface area contributed by atoms with Gasteiger partial charge in [0.2, 0.25) is 0 Å². The summed E-state index contributed by atoms with van der Waals surface area (Å²) in [6, 6.07) is 0. The van der Waals surface area contributed by atoms with Gasteiger partial charge in [0.25, 0.3) is 0 Å². The van der Waals surface area contributed by atoms with Crippen LogP contribution in [0.4, 0.5) is 0 Å². The van der Waals surface area contributed by atoms with E-state index in [2.05, 4.69) is 53.7 Å². The summed E-state index contributed by atoms with van der Waals surface area (Å²) in [7, 11) is 0. The molecule has 1 rings (SSSR count). The highest BCUT2D eigenvalue weighted by Gasteiger charge is 2.31. The first-order chi connectivity index (χ1) is 10.6. The van der Waals surface area contributed by atoms with Crippen molar-refractivity contribution in [1.29, 1.82) is 0 Å². The molecule has 0 saturated carbocycles. The Bertz CT molecular complexity index is 461. The summed E-state index contributed by atoms with van der Waals surface area (Å²) < 4.78 is 5.22. The van der Waals surface area contributed by atoms with Crippen LogP contribution in [0.15, 0.2) is 23.3 Å². The summed E-state index contributed by atoms with van der Waals surface area (Å²) in [6.45, 7) is 16.0. The summed E-state index contributed by atoms with van der Waals surface area (Å²) >= 11 is 0. The minimum absolute atomic E-state index is 0.0163. The highest BCUT2D eigenvalue weighted by molar-refractivity contribution is 5.73. The molecule has 1 aliphatic rings. The van der Waals surface area contributed by atoms with Crippen molar-refractivity contribution in [2.24, 2.45) is 16.7 Å². The third-order valence-corrected chi connectivity index (χ3v) is 5.26. The maximum absolute atomic E-state index is 12.0. The molecule has 1 unspecified atom stereocenters. The van der Waals surface area contributed by atoms with Gasteiger partial charge in [-0.15, -0.1) is 0 Å². The number of ether oxygens (including phenoxy) is 1. The number of carbonyl (C=O) groups is 1. The number of rotatable bonds is 6. The van der Waals surface area contributed by atoms with E-state index in [-0.39, 0.29) is 22.7 Å². The second kappa shape index (κ2) is 8.17. The number of carbonyl (C=O) groups excluding carboxylic acids is 1. The van der Waals surface area contributed by atoms with Crippen LogP contribution in [0.1, 0.15) is 80.6 Å². The molecule has 0 aromatic heterocycles. The summed E-state index contributed by atoms with van der Waals surface area (Å²) in [4.78, 5) is 12.0. The molecule has 132 valence electrons. The van der Waals surface area contributed by atoms with E-state index in [1.54, 1.807) is 0 Å². The second-order valence-corrected chi connectivity index (χ2v) is 8.52. The average molecular weight is 321 g/mol. The summed E-state index contributed by atoms with van der Waals surface area (Å²) in [5.74, 6) is 0.0402. The van der Waals surface area contributed by atoms with E-state index < -0.39 is 0 Å². The van der Waals surface area contributed by atoms with E-state index in [4.69, 9.17) is 4.74 Å². The first-order valence-electron chi connectivity index (χ1n) is 9.11. The van der Waals surface area contributed by atoms with Gasteiger partial charge in [-0.25, -0.2) is 0 Å². The first kappa shape index (κ1) is 20.0. The van der Waals surface area contributed by atoms with E-state index in [0.717, 1.165) is 32.1 Å². The van der Waals surface area contributed by atoms with Crippen molar-refractivity contribution in [2.45, 2.75) is 80.6 Å². The second-order valence-electron chi connectivity index (χ2n) is 8.52. The molecule has 0 bridgehead atoms. The fourth-order valence-electron chi connectivity index (χ4n) is 3.04. The predicted molar refractivity (Wildman–Crippen MR) is 98.3 cm³/mol. The highest BCUT2D eigenvalue weighted by Crippen LogP contribution is 2.40. The molecule has 0 amide bonds. The van der Waals surface area contributed by atoms with Crippen molar-refractivity contribution in [3.63, 3.8) is 0 Å². The van der Waals surface area contributed by atoms with E-state index in [0.29, 0.717) is 6.61 Å². The molecule has 0 saturated heterocycles. The third kappa shape index (κ3) is 6.16. The number of esters is 1. The first-order valence-corrected chi connectivity index (χ1v) is 9.11. The molecule has 2 nitrogen and oxygen atoms in total. The molecule has 0 N–H and O–H groups in total. The lowest BCUT2D eigenvalue weighted by atomic mass is 9.72. The van der Waals surface area contributed by atoms with Gasteiger partial charge in [-0.3, -0.25) is 4.79 Å². The van der Waals surface area contributed by atoms with Crippen LogP contribution in [-0.2, 0) is 9.53 Å². The molecule has 0 fully saturated rings. The molecular weight excluding hydrogens is 284 g/mol. The number of hydrogen-bond acceptors (Lipinski definition) is 2. The van der Waals surface area contributed by atoms with E-state index in [9.17, 15) is 4.79 Å². The Kier molecular flexibility index (Phi) is 7.10. The van der Waals surface area contributed by atoms with Crippen molar-refractivity contribution in [1.82, 2.24) is 0 Å². The van der Waals surface area contributed by atoms with Crippen LogP contribution in [0.25, 0.3) is 0 Å². The fraction of sp³-hybridized carbons (Fsp3) is 0.762. The van der Waals surface area contributed by atoms with Crippen molar-refractivity contribution in [3.05, 3.63) is 23.3 Å². The predicted octanol–water partition coefficient (Wildman–Crippen LogP) is 6.07. The van der Waals surface area contributed by atoms with Gasteiger partial charge < -0.3 is 4.74 Å². The zero-order chi connectivity index (χ0) is 17.7. The molecule has 1 aliphatic carbocycles. The van der Waals surface area contributed by atoms with Gasteiger partial charge in [0.1, 0.15) is 0 Å². The molecule has 23 heavy (non-hydrogen) atoms. The Balaban J connectivity index is 2.65. The van der Waals surface area contributed by atoms with Crippen LogP contribution in [0.2, 0.25) is 0 Å². The lowest BCUT2D eigenvalue weighted by Gasteiger charge is -2.33. The third-order valence-electron chi connectivity index (χ3n) is 5.26. The van der Waals surface area contributed by atoms with Crippen molar-refractivity contribution in [3.8, 4) is 0 Å². The van der Waals surface area contributed by atoms with Gasteiger partial charge in [0.15, 0.2) is 0 Å². The Hall–Kier alpha value is -1.05. The van der Waals surface area contributed by atoms with Crippen LogP contribution >= 0.6 is 0 Å². The Morgan fingerprint density at radius 2 is 1.96 bits per heavy atom. The molecule has 0 aliphatic heterocycles. The van der Waals surface area contributed by atoms with E-state index in [1.165, 1.54) is 11.1 Å². The van der Waals surface area contributed by atoms with Gasteiger partial charge in [-0.05, 0) is 56.8 Å². The van der Waals surface area contributed by atoms with Crippen LogP contribution in [0.5, 0.6) is 0 Å². The normalized spacial score (nSPS) is 20.2. The number of allylic oxidation sites excluding steroid dienone is 4. The number of hydrogen-bond donors (Lipinski definition) is 0. The van der Waals surface area contributed by atoms with Gasteiger partial charge >= 0.3 is 5.97 Å². The lowest BCUT2D eigenvalue weighted by Crippen LogP contribution is -2.25. The summed E-state index contributed by atoms with van der Waals surface area (Å²) in [5.41, 5.74) is 3.29. The SMILES string of the molecule is CCOC(=O)C1CCC=C(C(C)(C)CC/C=C(\C)C(C)(C)C)C1. The topological polar surface area (TPSA) is 26.3 Å². The zero-order valence-electron chi connectivity index (χ0n) is 16.3. The molecule has 2 heteroatoms. The highest BCUT2D eigenvalue weighted by atomic mass is 16.5. The average Bonchev–Trinajstić information content (AvgIpc) is 2.46. The smallest absolute Gasteiger partial charge is 0.309 e. The maximum Gasteiger partial charge on any atom is 0.309 e. The lowest BCUT2D eigenvalue weighted by molar-refractivity contribution is -0.148. The van der Waals surface area contributed by atoms with Crippen LogP contribution < -0.4 is 0 Å². The quantitative estimate of drug-likeness (QED) is 0.438. The molecule has 0 aromatic rings. The largest absolute Gasteiger partial charge is 0.466 e. The summed E-state index contributed by atoms with van der Waals surface area (Å²) in [5, 5.41) is 0. The van der Waals surface area contributed by atoms with Gasteiger partial charge in [-0.2, -0.15) is 0 Å². The molecule has 0 spiro atoms. The van der Waals surface area contributed by atoms with E-state index >= 15 is 0 Å². The molecule has 1 atom stereocenters. The molecular formula is C21H36O2. The van der Waals surface area contributed by atoms with Gasteiger partial charge in [-0.1, -0.05) is 57.9 Å². The van der Waals surface area contributed by atoms with Crippen LogP contribution in [0, 0.1) is 16.7 Å². The van der Waals surface area contributed by atoms with Crippen LogP contribution in [0.3, 0.4) is 0 Å². The zero-order valence-corrected chi connectivity index (χ0v) is 16.3. The van der Waals surface area contributed by atoms with Gasteiger partial charge in [0, 0.05) is 0 Å². The van der Waals surface area contributed by atoms with E-state index in [1.807, 2.05) is 6.92 Å². The fourth-order valence-corrected chi connectivity index (χ4v) is 3.04. The maximum atomic E-state index is 12.0.